The summed E-state index contributed by atoms with van der Waals surface area (Å²) >= 11 is 2.03. The molecule has 1 saturated carbocycles. The Morgan fingerprint density at radius 3 is 2.38 bits per heavy atom. The second kappa shape index (κ2) is 4.67. The quantitative estimate of drug-likeness (QED) is 0.720. The minimum Gasteiger partial charge on any atom is -0.393 e. The topological polar surface area (TPSA) is 32.3 Å². The zero-order chi connectivity index (χ0) is 9.10. The van der Waals surface area contributed by atoms with E-state index in [1.807, 2.05) is 11.8 Å². The van der Waals surface area contributed by atoms with Crippen LogP contribution in [0, 0.1) is 5.92 Å². The van der Waals surface area contributed by atoms with E-state index in [9.17, 15) is 5.11 Å². The summed E-state index contributed by atoms with van der Waals surface area (Å²) < 4.78 is 0. The van der Waals surface area contributed by atoms with Crippen LogP contribution in [0.15, 0.2) is 0 Å². The summed E-state index contributed by atoms with van der Waals surface area (Å²) in [5.74, 6) is 3.43. The molecule has 0 atom stereocenters. The van der Waals surface area contributed by atoms with Gasteiger partial charge in [0.2, 0.25) is 0 Å². The third kappa shape index (κ3) is 2.86. The van der Waals surface area contributed by atoms with Crippen LogP contribution in [0.3, 0.4) is 0 Å². The zero-order valence-corrected chi connectivity index (χ0v) is 8.85. The fraction of sp³-hybridized carbons (Fsp3) is 1.00. The Labute approximate surface area is 84.5 Å². The van der Waals surface area contributed by atoms with Crippen LogP contribution in [0.1, 0.15) is 25.7 Å². The molecular weight excluding hydrogens is 182 g/mol. The molecular formula is C10H19NOS. The molecule has 1 saturated heterocycles. The van der Waals surface area contributed by atoms with Crippen molar-refractivity contribution in [3.05, 3.63) is 0 Å². The van der Waals surface area contributed by atoms with Gasteiger partial charge in [-0.2, -0.15) is 11.8 Å². The highest BCUT2D eigenvalue weighted by molar-refractivity contribution is 8.00. The number of hydrogen-bond donors (Lipinski definition) is 2. The summed E-state index contributed by atoms with van der Waals surface area (Å²) in [7, 11) is 0. The zero-order valence-electron chi connectivity index (χ0n) is 8.04. The maximum absolute atomic E-state index is 9.34. The van der Waals surface area contributed by atoms with Gasteiger partial charge in [0.25, 0.3) is 0 Å². The number of nitrogens with one attached hydrogen (secondary N) is 1. The first-order valence-electron chi connectivity index (χ1n) is 5.34. The number of aliphatic hydroxyl groups excluding tert-OH is 1. The molecule has 1 heterocycles. The molecule has 0 aromatic carbocycles. The van der Waals surface area contributed by atoms with Gasteiger partial charge in [0.05, 0.1) is 6.10 Å². The first kappa shape index (κ1) is 9.81. The fourth-order valence-electron chi connectivity index (χ4n) is 2.04. The summed E-state index contributed by atoms with van der Waals surface area (Å²) in [5.41, 5.74) is 0. The molecule has 1 aliphatic carbocycles. The van der Waals surface area contributed by atoms with E-state index in [2.05, 4.69) is 5.32 Å². The maximum atomic E-state index is 9.34. The molecule has 2 fully saturated rings. The lowest BCUT2D eigenvalue weighted by Crippen LogP contribution is -2.43. The maximum Gasteiger partial charge on any atom is 0.0540 e. The highest BCUT2D eigenvalue weighted by atomic mass is 32.2. The number of aliphatic hydroxyl groups is 1. The van der Waals surface area contributed by atoms with Crippen molar-refractivity contribution in [1.29, 1.82) is 0 Å². The summed E-state index contributed by atoms with van der Waals surface area (Å²) in [4.78, 5) is 0. The fourth-order valence-corrected chi connectivity index (χ4v) is 2.74. The smallest absolute Gasteiger partial charge is 0.0540 e. The van der Waals surface area contributed by atoms with E-state index in [1.165, 1.54) is 30.9 Å². The Hall–Kier alpha value is 0.270. The van der Waals surface area contributed by atoms with Gasteiger partial charge in [-0.3, -0.25) is 0 Å². The molecule has 2 rings (SSSR count). The molecule has 2 N–H and O–H groups in total. The van der Waals surface area contributed by atoms with Gasteiger partial charge in [0.1, 0.15) is 0 Å². The van der Waals surface area contributed by atoms with Gasteiger partial charge in [-0.15, -0.1) is 0 Å². The van der Waals surface area contributed by atoms with Crippen molar-refractivity contribution in [3.8, 4) is 0 Å². The van der Waals surface area contributed by atoms with Crippen molar-refractivity contribution >= 4 is 11.8 Å². The minimum absolute atomic E-state index is 0.00416. The first-order valence-corrected chi connectivity index (χ1v) is 6.49. The van der Waals surface area contributed by atoms with Crippen molar-refractivity contribution in [3.63, 3.8) is 0 Å². The van der Waals surface area contributed by atoms with Crippen LogP contribution < -0.4 is 5.32 Å². The minimum atomic E-state index is -0.00416. The Bertz CT molecular complexity index is 153. The van der Waals surface area contributed by atoms with E-state index in [0.29, 0.717) is 0 Å². The molecule has 1 aliphatic heterocycles. The molecule has 0 amide bonds. The van der Waals surface area contributed by atoms with E-state index in [1.54, 1.807) is 0 Å². The van der Waals surface area contributed by atoms with Gasteiger partial charge in [0, 0.05) is 17.5 Å². The Balaban J connectivity index is 1.59. The lowest BCUT2D eigenvalue weighted by atomic mass is 9.87. The highest BCUT2D eigenvalue weighted by Gasteiger charge is 2.22. The Kier molecular flexibility index (Phi) is 3.52. The first-order chi connectivity index (χ1) is 6.34. The predicted octanol–water partition coefficient (Wildman–Crippen LogP) is 1.24. The summed E-state index contributed by atoms with van der Waals surface area (Å²) in [6.07, 6.45) is 4.47. The second-order valence-corrected chi connectivity index (χ2v) is 5.39. The predicted molar refractivity (Wildman–Crippen MR) is 57.1 cm³/mol. The second-order valence-electron chi connectivity index (χ2n) is 4.32. The van der Waals surface area contributed by atoms with Crippen molar-refractivity contribution < 1.29 is 5.11 Å². The molecule has 0 spiro atoms. The Morgan fingerprint density at radius 1 is 1.15 bits per heavy atom. The molecule has 0 radical (unpaired) electrons. The van der Waals surface area contributed by atoms with Crippen LogP contribution in [-0.4, -0.2) is 35.3 Å². The van der Waals surface area contributed by atoms with E-state index >= 15 is 0 Å². The Morgan fingerprint density at radius 2 is 1.85 bits per heavy atom. The molecule has 2 nitrogen and oxygen atoms in total. The average Bonchev–Trinajstić information content (AvgIpc) is 2.05. The summed E-state index contributed by atoms with van der Waals surface area (Å²) in [5, 5.41) is 12.9. The number of thioether (sulfide) groups is 1. The number of hydrogen-bond acceptors (Lipinski definition) is 3. The largest absolute Gasteiger partial charge is 0.393 e. The van der Waals surface area contributed by atoms with Gasteiger partial charge in [-0.25, -0.2) is 0 Å². The lowest BCUT2D eigenvalue weighted by Gasteiger charge is -2.31. The summed E-state index contributed by atoms with van der Waals surface area (Å²) in [6, 6.07) is 0.789. The highest BCUT2D eigenvalue weighted by Crippen LogP contribution is 2.24. The van der Waals surface area contributed by atoms with Crippen LogP contribution in [0.4, 0.5) is 0 Å². The van der Waals surface area contributed by atoms with Gasteiger partial charge in [-0.05, 0) is 38.1 Å². The molecule has 3 heteroatoms. The normalized spacial score (nSPS) is 35.8. The molecule has 2 aliphatic rings. The van der Waals surface area contributed by atoms with Crippen molar-refractivity contribution in [2.45, 2.75) is 37.8 Å². The average molecular weight is 201 g/mol. The molecule has 0 aromatic heterocycles. The van der Waals surface area contributed by atoms with Gasteiger partial charge in [-0.1, -0.05) is 0 Å². The molecule has 0 aromatic rings. The molecule has 13 heavy (non-hydrogen) atoms. The van der Waals surface area contributed by atoms with Gasteiger partial charge >= 0.3 is 0 Å². The van der Waals surface area contributed by atoms with Crippen LogP contribution >= 0.6 is 11.8 Å². The van der Waals surface area contributed by atoms with Crippen molar-refractivity contribution in [1.82, 2.24) is 5.32 Å². The number of rotatable bonds is 3. The van der Waals surface area contributed by atoms with E-state index in [0.717, 1.165) is 24.8 Å². The third-order valence-electron chi connectivity index (χ3n) is 3.15. The lowest BCUT2D eigenvalue weighted by molar-refractivity contribution is 0.108. The monoisotopic (exact) mass is 201 g/mol. The van der Waals surface area contributed by atoms with E-state index < -0.39 is 0 Å². The third-order valence-corrected chi connectivity index (χ3v) is 4.43. The van der Waals surface area contributed by atoms with Crippen LogP contribution in [0.5, 0.6) is 0 Å². The van der Waals surface area contributed by atoms with E-state index in [-0.39, 0.29) is 6.10 Å². The van der Waals surface area contributed by atoms with Crippen molar-refractivity contribution in [2.24, 2.45) is 5.92 Å². The summed E-state index contributed by atoms with van der Waals surface area (Å²) in [6.45, 7) is 1.18. The SMILES string of the molecule is OC1CCC(CNC2CSC2)CC1. The standard InChI is InChI=1S/C10H19NOS/c12-10-3-1-8(2-4-10)5-11-9-6-13-7-9/h8-12H,1-7H2. The molecule has 0 bridgehead atoms. The van der Waals surface area contributed by atoms with E-state index in [4.69, 9.17) is 0 Å². The van der Waals surface area contributed by atoms with Crippen LogP contribution in [-0.2, 0) is 0 Å². The van der Waals surface area contributed by atoms with Crippen LogP contribution in [0.2, 0.25) is 0 Å². The van der Waals surface area contributed by atoms with Gasteiger partial charge < -0.3 is 10.4 Å². The molecule has 76 valence electrons. The van der Waals surface area contributed by atoms with Gasteiger partial charge in [0.15, 0.2) is 0 Å². The molecule has 0 unspecified atom stereocenters. The van der Waals surface area contributed by atoms with Crippen molar-refractivity contribution in [2.75, 3.05) is 18.1 Å². The van der Waals surface area contributed by atoms with Crippen LogP contribution in [0.25, 0.3) is 0 Å².